The molecule has 3 aliphatic heterocycles. The highest BCUT2D eigenvalue weighted by Crippen LogP contribution is 2.43. The van der Waals surface area contributed by atoms with Crippen LogP contribution in [0.3, 0.4) is 0 Å². The summed E-state index contributed by atoms with van der Waals surface area (Å²) in [6, 6.07) is 3.40. The standard InChI is InChI=1S/C25H33N3O6/c1-2-20-13-22(27-34-20)26-23(29)15-28-10-7-17(8-11-28)21(14-28)33-24(30)25(31,18-5-3-4-6-18)19-9-12-32-16-19/h9,12-13,16-18,21,31H,2-8,10-11,14-15H2,1H3/p+1/t17?,21-,25?,28?/m0/s1. The van der Waals surface area contributed by atoms with E-state index >= 15 is 0 Å². The van der Waals surface area contributed by atoms with Crippen molar-refractivity contribution in [3.63, 3.8) is 0 Å². The number of carbonyl (C=O) groups is 2. The van der Waals surface area contributed by atoms with E-state index in [1.807, 2.05) is 6.92 Å². The van der Waals surface area contributed by atoms with Crippen LogP contribution in [0, 0.1) is 11.8 Å². The molecule has 3 saturated heterocycles. The van der Waals surface area contributed by atoms with Gasteiger partial charge >= 0.3 is 5.97 Å². The fourth-order valence-electron chi connectivity index (χ4n) is 6.17. The van der Waals surface area contributed by atoms with Crippen LogP contribution in [0.1, 0.15) is 56.8 Å². The molecule has 34 heavy (non-hydrogen) atoms. The van der Waals surface area contributed by atoms with Gasteiger partial charge in [-0.3, -0.25) is 4.79 Å². The Labute approximate surface area is 199 Å². The molecule has 2 aromatic rings. The van der Waals surface area contributed by atoms with Crippen LogP contribution in [-0.2, 0) is 26.3 Å². The topological polar surface area (TPSA) is 115 Å². The number of esters is 1. The number of anilines is 1. The molecule has 9 heteroatoms. The van der Waals surface area contributed by atoms with Crippen molar-refractivity contribution in [2.24, 2.45) is 11.8 Å². The molecule has 184 valence electrons. The minimum Gasteiger partial charge on any atom is -0.472 e. The van der Waals surface area contributed by atoms with Crippen molar-refractivity contribution in [2.75, 3.05) is 31.5 Å². The highest BCUT2D eigenvalue weighted by molar-refractivity contribution is 5.90. The smallest absolute Gasteiger partial charge is 0.343 e. The highest BCUT2D eigenvalue weighted by Gasteiger charge is 2.53. The number of aromatic nitrogens is 1. The van der Waals surface area contributed by atoms with E-state index in [1.54, 1.807) is 12.1 Å². The van der Waals surface area contributed by atoms with Gasteiger partial charge < -0.3 is 28.6 Å². The summed E-state index contributed by atoms with van der Waals surface area (Å²) >= 11 is 0. The quantitative estimate of drug-likeness (QED) is 0.448. The number of quaternary nitrogens is 1. The molecular weight excluding hydrogens is 438 g/mol. The lowest BCUT2D eigenvalue weighted by atomic mass is 9.80. The van der Waals surface area contributed by atoms with Gasteiger partial charge in [-0.2, -0.15) is 0 Å². The number of piperidine rings is 3. The van der Waals surface area contributed by atoms with Crippen molar-refractivity contribution in [1.29, 1.82) is 0 Å². The van der Waals surface area contributed by atoms with Crippen molar-refractivity contribution < 1.29 is 32.9 Å². The second-order valence-electron chi connectivity index (χ2n) is 10.3. The second-order valence-corrected chi connectivity index (χ2v) is 10.3. The Hall–Kier alpha value is -2.65. The molecule has 4 aliphatic rings. The fraction of sp³-hybridized carbons (Fsp3) is 0.640. The molecule has 0 aromatic carbocycles. The SMILES string of the molecule is CCc1cc(NC(=O)C[N+]23CCC(CC2)[C@@H](OC(=O)C(O)(c2ccoc2)C2CCCC2)C3)no1. The van der Waals surface area contributed by atoms with E-state index in [4.69, 9.17) is 13.7 Å². The Morgan fingerprint density at radius 1 is 1.26 bits per heavy atom. The van der Waals surface area contributed by atoms with E-state index in [-0.39, 0.29) is 23.8 Å². The Bertz CT molecular complexity index is 1000. The predicted molar refractivity (Wildman–Crippen MR) is 121 cm³/mol. The van der Waals surface area contributed by atoms with Crippen molar-refractivity contribution in [1.82, 2.24) is 5.16 Å². The first-order valence-corrected chi connectivity index (χ1v) is 12.5. The monoisotopic (exact) mass is 472 g/mol. The third-order valence-corrected chi connectivity index (χ3v) is 8.17. The third kappa shape index (κ3) is 4.27. The van der Waals surface area contributed by atoms with E-state index < -0.39 is 11.6 Å². The van der Waals surface area contributed by atoms with E-state index in [9.17, 15) is 14.7 Å². The molecule has 2 N–H and O–H groups in total. The Balaban J connectivity index is 1.27. The molecule has 4 fully saturated rings. The second kappa shape index (κ2) is 9.19. The van der Waals surface area contributed by atoms with Crippen molar-refractivity contribution in [3.05, 3.63) is 36.0 Å². The normalized spacial score (nSPS) is 28.5. The molecule has 6 rings (SSSR count). The van der Waals surface area contributed by atoms with Crippen LogP contribution >= 0.6 is 0 Å². The molecular formula is C25H34N3O6+. The van der Waals surface area contributed by atoms with Crippen LogP contribution in [0.15, 0.2) is 33.6 Å². The fourth-order valence-corrected chi connectivity index (χ4v) is 6.17. The maximum atomic E-state index is 13.5. The van der Waals surface area contributed by atoms with E-state index in [0.29, 0.717) is 35.4 Å². The van der Waals surface area contributed by atoms with Gasteiger partial charge in [-0.15, -0.1) is 0 Å². The number of fused-ring (bicyclic) bond motifs is 3. The molecule has 5 heterocycles. The average Bonchev–Trinajstić information content (AvgIpc) is 3.62. The van der Waals surface area contributed by atoms with Gasteiger partial charge in [-0.05, 0) is 18.9 Å². The third-order valence-electron chi connectivity index (χ3n) is 8.17. The number of aryl methyl sites for hydroxylation is 1. The molecule has 2 atom stereocenters. The van der Waals surface area contributed by atoms with Crippen LogP contribution in [0.4, 0.5) is 5.82 Å². The molecule has 2 aromatic heterocycles. The zero-order valence-corrected chi connectivity index (χ0v) is 19.7. The largest absolute Gasteiger partial charge is 0.472 e. The summed E-state index contributed by atoms with van der Waals surface area (Å²) in [5.41, 5.74) is -1.23. The Morgan fingerprint density at radius 2 is 2.03 bits per heavy atom. The number of rotatable bonds is 8. The first-order chi connectivity index (χ1) is 16.4. The van der Waals surface area contributed by atoms with Crippen LogP contribution in [-0.4, -0.2) is 58.9 Å². The Kier molecular flexibility index (Phi) is 6.24. The van der Waals surface area contributed by atoms with E-state index in [2.05, 4.69) is 10.5 Å². The van der Waals surface area contributed by atoms with Gasteiger partial charge in [-0.1, -0.05) is 24.9 Å². The molecule has 1 saturated carbocycles. The minimum atomic E-state index is -1.69. The zero-order valence-electron chi connectivity index (χ0n) is 19.7. The summed E-state index contributed by atoms with van der Waals surface area (Å²) in [7, 11) is 0. The number of amides is 1. The number of carbonyl (C=O) groups excluding carboxylic acids is 2. The molecule has 0 spiro atoms. The summed E-state index contributed by atoms with van der Waals surface area (Å²) in [6.07, 6.45) is 8.65. The van der Waals surface area contributed by atoms with Crippen molar-refractivity contribution in [3.8, 4) is 0 Å². The van der Waals surface area contributed by atoms with Gasteiger partial charge in [0.2, 0.25) is 0 Å². The molecule has 1 aliphatic carbocycles. The van der Waals surface area contributed by atoms with Gasteiger partial charge in [0.15, 0.2) is 24.1 Å². The predicted octanol–water partition coefficient (Wildman–Crippen LogP) is 3.00. The highest BCUT2D eigenvalue weighted by atomic mass is 16.6. The first-order valence-electron chi connectivity index (χ1n) is 12.5. The summed E-state index contributed by atoms with van der Waals surface area (Å²) in [6.45, 7) is 4.59. The van der Waals surface area contributed by atoms with Crippen LogP contribution in [0.25, 0.3) is 0 Å². The maximum Gasteiger partial charge on any atom is 0.343 e. The van der Waals surface area contributed by atoms with Crippen molar-refractivity contribution >= 4 is 17.7 Å². The van der Waals surface area contributed by atoms with Crippen LogP contribution < -0.4 is 5.32 Å². The lowest BCUT2D eigenvalue weighted by Gasteiger charge is -2.51. The number of hydrogen-bond donors (Lipinski definition) is 2. The number of aliphatic hydroxyl groups is 1. The van der Waals surface area contributed by atoms with Crippen LogP contribution in [0.5, 0.6) is 0 Å². The number of ether oxygens (including phenoxy) is 1. The molecule has 1 unspecified atom stereocenters. The lowest BCUT2D eigenvalue weighted by Crippen LogP contribution is -2.66. The minimum absolute atomic E-state index is 0.123. The van der Waals surface area contributed by atoms with E-state index in [1.165, 1.54) is 12.5 Å². The van der Waals surface area contributed by atoms with Gasteiger partial charge in [-0.25, -0.2) is 4.79 Å². The Morgan fingerprint density at radius 3 is 2.68 bits per heavy atom. The van der Waals surface area contributed by atoms with Gasteiger partial charge in [0, 0.05) is 42.7 Å². The zero-order chi connectivity index (χ0) is 23.8. The number of hydrogen-bond acceptors (Lipinski definition) is 7. The summed E-state index contributed by atoms with van der Waals surface area (Å²) in [5.74, 6) is 0.520. The van der Waals surface area contributed by atoms with E-state index in [0.717, 1.165) is 57.4 Å². The molecule has 1 amide bonds. The average molecular weight is 473 g/mol. The van der Waals surface area contributed by atoms with Crippen LogP contribution in [0.2, 0.25) is 0 Å². The number of nitrogens with zero attached hydrogens (tertiary/aromatic N) is 2. The molecule has 9 nitrogen and oxygen atoms in total. The molecule has 2 bridgehead atoms. The lowest BCUT2D eigenvalue weighted by molar-refractivity contribution is -0.939. The number of furan rings is 1. The summed E-state index contributed by atoms with van der Waals surface area (Å²) in [4.78, 5) is 26.3. The number of nitrogens with one attached hydrogen (secondary N) is 1. The maximum absolute atomic E-state index is 13.5. The van der Waals surface area contributed by atoms with Gasteiger partial charge in [0.1, 0.15) is 12.3 Å². The van der Waals surface area contributed by atoms with Gasteiger partial charge in [0.25, 0.3) is 5.91 Å². The molecule has 0 radical (unpaired) electrons. The first kappa shape index (κ1) is 23.1. The van der Waals surface area contributed by atoms with Crippen molar-refractivity contribution in [2.45, 2.75) is 63.6 Å². The summed E-state index contributed by atoms with van der Waals surface area (Å²) in [5, 5.41) is 18.4. The summed E-state index contributed by atoms with van der Waals surface area (Å²) < 4.78 is 17.0. The van der Waals surface area contributed by atoms with Gasteiger partial charge in [0.05, 0.1) is 25.6 Å².